The summed E-state index contributed by atoms with van der Waals surface area (Å²) in [6.45, 7) is 1.39. The molecule has 0 aromatic heterocycles. The van der Waals surface area contributed by atoms with Crippen LogP contribution in [0.3, 0.4) is 0 Å². The first kappa shape index (κ1) is 27.1. The van der Waals surface area contributed by atoms with E-state index in [0.29, 0.717) is 28.4 Å². The third kappa shape index (κ3) is 6.20. The molecule has 0 spiro atoms. The normalized spacial score (nSPS) is 17.4. The molecule has 2 atom stereocenters. The topological polar surface area (TPSA) is 117 Å². The lowest BCUT2D eigenvalue weighted by molar-refractivity contribution is -0.132. The van der Waals surface area contributed by atoms with Gasteiger partial charge in [0.1, 0.15) is 18.4 Å². The predicted octanol–water partition coefficient (Wildman–Crippen LogP) is 4.71. The third-order valence-electron chi connectivity index (χ3n) is 7.15. The van der Waals surface area contributed by atoms with E-state index >= 15 is 0 Å². The van der Waals surface area contributed by atoms with Gasteiger partial charge in [-0.2, -0.15) is 0 Å². The fraction of sp³-hybridized carbons (Fsp3) is 0.323. The Hall–Kier alpha value is -4.53. The van der Waals surface area contributed by atoms with Gasteiger partial charge in [0.25, 0.3) is 5.91 Å². The largest absolute Gasteiger partial charge is 0.508 e. The number of hydrogen-bond acceptors (Lipinski definition) is 6. The minimum Gasteiger partial charge on any atom is -0.508 e. The summed E-state index contributed by atoms with van der Waals surface area (Å²) in [5, 5.41) is 15.8. The van der Waals surface area contributed by atoms with Gasteiger partial charge in [0, 0.05) is 24.3 Å². The molecule has 9 heteroatoms. The summed E-state index contributed by atoms with van der Waals surface area (Å²) < 4.78 is 11.9. The van der Waals surface area contributed by atoms with E-state index in [1.807, 2.05) is 6.07 Å². The molecule has 3 aromatic rings. The van der Waals surface area contributed by atoms with E-state index in [9.17, 15) is 19.5 Å². The molecule has 1 aliphatic heterocycles. The third-order valence-corrected chi connectivity index (χ3v) is 7.15. The van der Waals surface area contributed by atoms with Crippen molar-refractivity contribution in [2.75, 3.05) is 16.8 Å². The van der Waals surface area contributed by atoms with E-state index in [-0.39, 0.29) is 30.2 Å². The van der Waals surface area contributed by atoms with Crippen LogP contribution in [0.4, 0.5) is 11.4 Å². The van der Waals surface area contributed by atoms with Gasteiger partial charge in [-0.25, -0.2) is 0 Å². The molecule has 9 nitrogen and oxygen atoms in total. The maximum absolute atomic E-state index is 14.3. The van der Waals surface area contributed by atoms with Crippen molar-refractivity contribution in [2.45, 2.75) is 57.2 Å². The zero-order chi connectivity index (χ0) is 28.1. The molecule has 0 unspecified atom stereocenters. The number of phenols is 1. The van der Waals surface area contributed by atoms with Crippen molar-refractivity contribution in [3.8, 4) is 17.2 Å². The Bertz CT molecular complexity index is 1350. The van der Waals surface area contributed by atoms with E-state index in [2.05, 4.69) is 10.6 Å². The number of benzene rings is 3. The number of anilines is 2. The number of nitrogens with zero attached hydrogens (tertiary/aromatic N) is 1. The lowest BCUT2D eigenvalue weighted by Crippen LogP contribution is -2.52. The van der Waals surface area contributed by atoms with Crippen LogP contribution in [0.1, 0.15) is 50.6 Å². The van der Waals surface area contributed by atoms with Crippen LogP contribution in [0, 0.1) is 0 Å². The van der Waals surface area contributed by atoms with Crippen LogP contribution < -0.4 is 25.0 Å². The lowest BCUT2D eigenvalue weighted by Gasteiger charge is -2.36. The molecular weight excluding hydrogens is 510 g/mol. The molecule has 208 valence electrons. The zero-order valence-corrected chi connectivity index (χ0v) is 22.3. The molecule has 1 fully saturated rings. The average molecular weight is 544 g/mol. The van der Waals surface area contributed by atoms with Crippen LogP contribution in [0.5, 0.6) is 17.2 Å². The molecular formula is C31H33N3O6. The molecule has 3 amide bonds. The molecule has 3 N–H and O–H groups in total. The van der Waals surface area contributed by atoms with E-state index in [4.69, 9.17) is 9.47 Å². The number of phenolic OH excluding ortho intramolecular Hbond substituents is 1. The van der Waals surface area contributed by atoms with Crippen molar-refractivity contribution in [3.63, 3.8) is 0 Å². The molecule has 5 rings (SSSR count). The number of hydrogen-bond donors (Lipinski definition) is 3. The van der Waals surface area contributed by atoms with Gasteiger partial charge in [-0.15, -0.1) is 0 Å². The Morgan fingerprint density at radius 2 is 1.57 bits per heavy atom. The Balaban J connectivity index is 1.54. The van der Waals surface area contributed by atoms with Crippen LogP contribution in [0.15, 0.2) is 72.8 Å². The summed E-state index contributed by atoms with van der Waals surface area (Å²) in [5.74, 6) is 0.0331. The van der Waals surface area contributed by atoms with Gasteiger partial charge in [-0.3, -0.25) is 19.3 Å². The van der Waals surface area contributed by atoms with Gasteiger partial charge in [0.15, 0.2) is 11.5 Å². The fourth-order valence-electron chi connectivity index (χ4n) is 5.21. The van der Waals surface area contributed by atoms with Crippen LogP contribution in [0.2, 0.25) is 0 Å². The smallest absolute Gasteiger partial charge is 0.272 e. The first-order chi connectivity index (χ1) is 19.4. The molecule has 2 aliphatic rings. The van der Waals surface area contributed by atoms with E-state index in [0.717, 1.165) is 32.1 Å². The van der Waals surface area contributed by atoms with Crippen molar-refractivity contribution in [2.24, 2.45) is 0 Å². The zero-order valence-electron chi connectivity index (χ0n) is 22.3. The standard InChI is InChI=1S/C31H33N3O6/c1-20(35)32-23-13-15-24(16-14-23)34(31(38)28-19-39-26-9-5-6-10-27(26)40-28)29(21-11-17-25(36)18-12-21)30(37)33-22-7-3-2-4-8-22/h5-6,9-18,22,28-29,36H,2-4,7-8,19H2,1H3,(H,32,35)(H,33,37)/t28-,29-/m0/s1. The van der Waals surface area contributed by atoms with Crippen molar-refractivity contribution >= 4 is 29.1 Å². The summed E-state index contributed by atoms with van der Waals surface area (Å²) in [6, 6.07) is 19.1. The second-order valence-corrected chi connectivity index (χ2v) is 10.1. The summed E-state index contributed by atoms with van der Waals surface area (Å²) in [4.78, 5) is 41.3. The number of rotatable bonds is 7. The second kappa shape index (κ2) is 12.1. The number of aromatic hydroxyl groups is 1. The molecule has 1 heterocycles. The number of nitrogens with one attached hydrogen (secondary N) is 2. The average Bonchev–Trinajstić information content (AvgIpc) is 2.96. The number of fused-ring (bicyclic) bond motifs is 1. The van der Waals surface area contributed by atoms with Gasteiger partial charge >= 0.3 is 0 Å². The summed E-state index contributed by atoms with van der Waals surface area (Å²) in [6.07, 6.45) is 3.96. The molecule has 0 radical (unpaired) electrons. The summed E-state index contributed by atoms with van der Waals surface area (Å²) in [5.41, 5.74) is 1.53. The highest BCUT2D eigenvalue weighted by atomic mass is 16.6. The number of para-hydroxylation sites is 2. The lowest BCUT2D eigenvalue weighted by atomic mass is 9.94. The van der Waals surface area contributed by atoms with Gasteiger partial charge in [0.05, 0.1) is 0 Å². The Morgan fingerprint density at radius 1 is 0.900 bits per heavy atom. The van der Waals surface area contributed by atoms with Crippen LogP contribution >= 0.6 is 0 Å². The van der Waals surface area contributed by atoms with Crippen molar-refractivity contribution in [3.05, 3.63) is 78.4 Å². The maximum atomic E-state index is 14.3. The van der Waals surface area contributed by atoms with Gasteiger partial charge in [0.2, 0.25) is 17.9 Å². The molecule has 1 saturated carbocycles. The fourth-order valence-corrected chi connectivity index (χ4v) is 5.21. The Morgan fingerprint density at radius 3 is 2.25 bits per heavy atom. The number of carbonyl (C=O) groups excluding carboxylic acids is 3. The van der Waals surface area contributed by atoms with Crippen LogP contribution in [-0.2, 0) is 14.4 Å². The highest BCUT2D eigenvalue weighted by Crippen LogP contribution is 2.35. The van der Waals surface area contributed by atoms with Crippen molar-refractivity contribution < 1.29 is 29.0 Å². The van der Waals surface area contributed by atoms with Gasteiger partial charge < -0.3 is 25.2 Å². The Kier molecular flexibility index (Phi) is 8.19. The minimum absolute atomic E-state index is 0.0149. The highest BCUT2D eigenvalue weighted by Gasteiger charge is 2.39. The second-order valence-electron chi connectivity index (χ2n) is 10.1. The number of carbonyl (C=O) groups is 3. The minimum atomic E-state index is -1.05. The van der Waals surface area contributed by atoms with Crippen molar-refractivity contribution in [1.82, 2.24) is 5.32 Å². The van der Waals surface area contributed by atoms with E-state index in [1.165, 1.54) is 24.0 Å². The molecule has 0 bridgehead atoms. The summed E-state index contributed by atoms with van der Waals surface area (Å²) in [7, 11) is 0. The molecule has 0 saturated heterocycles. The van der Waals surface area contributed by atoms with E-state index < -0.39 is 18.1 Å². The van der Waals surface area contributed by atoms with Gasteiger partial charge in [-0.1, -0.05) is 43.5 Å². The summed E-state index contributed by atoms with van der Waals surface area (Å²) >= 11 is 0. The number of ether oxygens (including phenoxy) is 2. The maximum Gasteiger partial charge on any atom is 0.272 e. The van der Waals surface area contributed by atoms with Crippen molar-refractivity contribution in [1.29, 1.82) is 0 Å². The molecule has 1 aliphatic carbocycles. The predicted molar refractivity (Wildman–Crippen MR) is 150 cm³/mol. The SMILES string of the molecule is CC(=O)Nc1ccc(N(C(=O)[C@@H]2COc3ccccc3O2)[C@H](C(=O)NC2CCCCC2)c2ccc(O)cc2)cc1. The first-order valence-electron chi connectivity index (χ1n) is 13.6. The molecule has 3 aromatic carbocycles. The van der Waals surface area contributed by atoms with E-state index in [1.54, 1.807) is 54.6 Å². The first-order valence-corrected chi connectivity index (χ1v) is 13.6. The monoisotopic (exact) mass is 543 g/mol. The molecule has 40 heavy (non-hydrogen) atoms. The number of amides is 3. The Labute approximate surface area is 233 Å². The quantitative estimate of drug-likeness (QED) is 0.397. The van der Waals surface area contributed by atoms with Gasteiger partial charge in [-0.05, 0) is 66.9 Å². The van der Waals surface area contributed by atoms with Crippen LogP contribution in [-0.4, -0.2) is 41.6 Å². The van der Waals surface area contributed by atoms with Crippen LogP contribution in [0.25, 0.3) is 0 Å². The highest BCUT2D eigenvalue weighted by molar-refractivity contribution is 6.04.